The van der Waals surface area contributed by atoms with E-state index in [0.29, 0.717) is 51.5 Å². The SMILES string of the molecule is CS(=O)(=O)N1CC[C@@H](CN2C(=O)C3(CCOCC3)N=C2c2ccc(-c3ccc4cccnc4c3)cc2)C1. The van der Waals surface area contributed by atoms with Crippen LogP contribution in [0.25, 0.3) is 22.0 Å². The number of amidine groups is 1. The molecule has 0 N–H and O–H groups in total. The predicted octanol–water partition coefficient (Wildman–Crippen LogP) is 3.32. The van der Waals surface area contributed by atoms with Gasteiger partial charge in [0.25, 0.3) is 5.91 Å². The fourth-order valence-corrected chi connectivity index (χ4v) is 6.56. The second kappa shape index (κ2) is 9.31. The van der Waals surface area contributed by atoms with E-state index in [2.05, 4.69) is 35.3 Å². The van der Waals surface area contributed by atoms with Gasteiger partial charge in [-0.25, -0.2) is 12.7 Å². The Morgan fingerprint density at radius 2 is 1.76 bits per heavy atom. The number of carbonyl (C=O) groups excluding carboxylic acids is 1. The predicted molar refractivity (Wildman–Crippen MR) is 143 cm³/mol. The molecule has 1 atom stereocenters. The molecule has 0 bridgehead atoms. The Balaban J connectivity index is 1.30. The summed E-state index contributed by atoms with van der Waals surface area (Å²) in [5.74, 6) is 0.757. The van der Waals surface area contributed by atoms with Crippen LogP contribution in [0.15, 0.2) is 65.8 Å². The van der Waals surface area contributed by atoms with E-state index in [9.17, 15) is 13.2 Å². The summed E-state index contributed by atoms with van der Waals surface area (Å²) in [6.45, 7) is 2.41. The molecular weight excluding hydrogens is 488 g/mol. The third-order valence-corrected chi connectivity index (χ3v) is 9.05. The Labute approximate surface area is 217 Å². The van der Waals surface area contributed by atoms with Crippen LogP contribution in [0.2, 0.25) is 0 Å². The van der Waals surface area contributed by atoms with E-state index < -0.39 is 15.6 Å². The summed E-state index contributed by atoms with van der Waals surface area (Å²) >= 11 is 0. The van der Waals surface area contributed by atoms with Crippen molar-refractivity contribution in [3.8, 4) is 11.1 Å². The van der Waals surface area contributed by atoms with Crippen molar-refractivity contribution in [1.82, 2.24) is 14.2 Å². The third kappa shape index (κ3) is 4.56. The summed E-state index contributed by atoms with van der Waals surface area (Å²) in [5.41, 5.74) is 3.19. The van der Waals surface area contributed by atoms with Crippen molar-refractivity contribution in [2.75, 3.05) is 39.1 Å². The van der Waals surface area contributed by atoms with Crippen LogP contribution in [0.3, 0.4) is 0 Å². The molecule has 3 aromatic rings. The van der Waals surface area contributed by atoms with Crippen LogP contribution in [0.5, 0.6) is 0 Å². The van der Waals surface area contributed by atoms with Gasteiger partial charge in [-0.2, -0.15) is 0 Å². The molecule has 1 aromatic heterocycles. The van der Waals surface area contributed by atoms with E-state index >= 15 is 0 Å². The largest absolute Gasteiger partial charge is 0.381 e. The molecule has 0 aliphatic carbocycles. The van der Waals surface area contributed by atoms with Crippen molar-refractivity contribution in [3.63, 3.8) is 0 Å². The van der Waals surface area contributed by atoms with Gasteiger partial charge in [0, 0.05) is 62.8 Å². The molecule has 0 saturated carbocycles. The number of fused-ring (bicyclic) bond motifs is 1. The highest BCUT2D eigenvalue weighted by molar-refractivity contribution is 7.88. The van der Waals surface area contributed by atoms with Crippen LogP contribution in [0.1, 0.15) is 24.8 Å². The van der Waals surface area contributed by atoms with E-state index in [1.165, 1.54) is 10.6 Å². The molecule has 2 fully saturated rings. The molecule has 0 radical (unpaired) electrons. The van der Waals surface area contributed by atoms with Gasteiger partial charge >= 0.3 is 0 Å². The fourth-order valence-electron chi connectivity index (χ4n) is 5.65. The molecule has 192 valence electrons. The normalized spacial score (nSPS) is 22.2. The molecule has 9 heteroatoms. The second-order valence-corrected chi connectivity index (χ2v) is 12.2. The number of aromatic nitrogens is 1. The summed E-state index contributed by atoms with van der Waals surface area (Å²) in [6, 6.07) is 18.4. The van der Waals surface area contributed by atoms with Gasteiger partial charge < -0.3 is 4.74 Å². The lowest BCUT2D eigenvalue weighted by Gasteiger charge is -2.30. The average molecular weight is 519 g/mol. The van der Waals surface area contributed by atoms with Gasteiger partial charge in [0.05, 0.1) is 11.8 Å². The van der Waals surface area contributed by atoms with Crippen LogP contribution in [0, 0.1) is 5.92 Å². The van der Waals surface area contributed by atoms with Gasteiger partial charge in [0.2, 0.25) is 10.0 Å². The number of nitrogens with zero attached hydrogens (tertiary/aromatic N) is 4. The van der Waals surface area contributed by atoms with E-state index in [4.69, 9.17) is 9.73 Å². The highest BCUT2D eigenvalue weighted by Crippen LogP contribution is 2.36. The van der Waals surface area contributed by atoms with Crippen molar-refractivity contribution >= 4 is 32.7 Å². The Kier molecular flexibility index (Phi) is 6.09. The van der Waals surface area contributed by atoms with Crippen LogP contribution < -0.4 is 0 Å². The molecule has 37 heavy (non-hydrogen) atoms. The average Bonchev–Trinajstić information content (AvgIpc) is 3.49. The zero-order chi connectivity index (χ0) is 25.6. The molecule has 1 spiro atoms. The molecule has 6 rings (SSSR count). The zero-order valence-corrected chi connectivity index (χ0v) is 21.7. The Morgan fingerprint density at radius 1 is 1.03 bits per heavy atom. The molecular formula is C28H30N4O4S. The number of rotatable bonds is 5. The van der Waals surface area contributed by atoms with E-state index in [1.54, 1.807) is 11.1 Å². The summed E-state index contributed by atoms with van der Waals surface area (Å²) in [5, 5.41) is 1.10. The minimum absolute atomic E-state index is 0.00767. The Bertz CT molecular complexity index is 1480. The molecule has 8 nitrogen and oxygen atoms in total. The number of benzene rings is 2. The smallest absolute Gasteiger partial charge is 0.256 e. The molecule has 3 aliphatic rings. The van der Waals surface area contributed by atoms with Gasteiger partial charge in [-0.3, -0.25) is 19.7 Å². The number of amides is 1. The van der Waals surface area contributed by atoms with Crippen molar-refractivity contribution < 1.29 is 17.9 Å². The minimum atomic E-state index is -3.24. The molecule has 2 saturated heterocycles. The highest BCUT2D eigenvalue weighted by Gasteiger charge is 2.50. The lowest BCUT2D eigenvalue weighted by atomic mass is 9.90. The van der Waals surface area contributed by atoms with Crippen molar-refractivity contribution in [2.24, 2.45) is 10.9 Å². The number of aliphatic imine (C=N–C) groups is 1. The first-order chi connectivity index (χ1) is 17.8. The van der Waals surface area contributed by atoms with Crippen molar-refractivity contribution in [2.45, 2.75) is 24.8 Å². The van der Waals surface area contributed by atoms with Crippen LogP contribution in [-0.2, 0) is 19.6 Å². The number of carbonyl (C=O) groups is 1. The number of ether oxygens (including phenoxy) is 1. The second-order valence-electron chi connectivity index (χ2n) is 10.3. The number of hydrogen-bond acceptors (Lipinski definition) is 6. The van der Waals surface area contributed by atoms with E-state index in [-0.39, 0.29) is 11.8 Å². The molecule has 3 aliphatic heterocycles. The standard InChI is InChI=1S/C28H30N4O4S/c1-37(34,35)31-14-10-20(18-31)19-32-26(30-28(27(32)33)11-15-36-16-12-28)23-7-4-21(5-8-23)24-9-6-22-3-2-13-29-25(22)17-24/h2-9,13,17,20H,10-12,14-16,18-19H2,1H3/t20-/m1/s1. The van der Waals surface area contributed by atoms with Gasteiger partial charge in [-0.1, -0.05) is 42.5 Å². The van der Waals surface area contributed by atoms with E-state index in [0.717, 1.165) is 34.0 Å². The Hall–Kier alpha value is -3.14. The van der Waals surface area contributed by atoms with Gasteiger partial charge in [-0.15, -0.1) is 0 Å². The van der Waals surface area contributed by atoms with Gasteiger partial charge in [0.1, 0.15) is 11.4 Å². The van der Waals surface area contributed by atoms with Crippen molar-refractivity contribution in [1.29, 1.82) is 0 Å². The molecule has 4 heterocycles. The van der Waals surface area contributed by atoms with Crippen molar-refractivity contribution in [3.05, 3.63) is 66.4 Å². The summed E-state index contributed by atoms with van der Waals surface area (Å²) < 4.78 is 31.1. The maximum absolute atomic E-state index is 13.8. The molecule has 0 unspecified atom stereocenters. The first kappa shape index (κ1) is 24.2. The molecule has 1 amide bonds. The topological polar surface area (TPSA) is 92.2 Å². The van der Waals surface area contributed by atoms with Crippen LogP contribution in [0.4, 0.5) is 0 Å². The number of hydrogen-bond donors (Lipinski definition) is 0. The fraction of sp³-hybridized carbons (Fsp3) is 0.393. The number of sulfonamides is 1. The quantitative estimate of drug-likeness (QED) is 0.517. The first-order valence-electron chi connectivity index (χ1n) is 12.7. The van der Waals surface area contributed by atoms with Gasteiger partial charge in [0.15, 0.2) is 0 Å². The number of pyridine rings is 1. The maximum atomic E-state index is 13.8. The Morgan fingerprint density at radius 3 is 2.49 bits per heavy atom. The van der Waals surface area contributed by atoms with Crippen LogP contribution >= 0.6 is 0 Å². The molecule has 2 aromatic carbocycles. The van der Waals surface area contributed by atoms with Gasteiger partial charge in [-0.05, 0) is 35.6 Å². The third-order valence-electron chi connectivity index (χ3n) is 7.78. The highest BCUT2D eigenvalue weighted by atomic mass is 32.2. The summed E-state index contributed by atoms with van der Waals surface area (Å²) in [4.78, 5) is 25.1. The summed E-state index contributed by atoms with van der Waals surface area (Å²) in [7, 11) is -3.24. The van der Waals surface area contributed by atoms with Crippen LogP contribution in [-0.4, -0.2) is 79.0 Å². The van der Waals surface area contributed by atoms with E-state index in [1.807, 2.05) is 24.3 Å². The first-order valence-corrected chi connectivity index (χ1v) is 14.6. The monoisotopic (exact) mass is 518 g/mol. The lowest BCUT2D eigenvalue weighted by molar-refractivity contribution is -0.134. The maximum Gasteiger partial charge on any atom is 0.256 e. The lowest BCUT2D eigenvalue weighted by Crippen LogP contribution is -2.47. The summed E-state index contributed by atoms with van der Waals surface area (Å²) in [6.07, 6.45) is 4.90. The zero-order valence-electron chi connectivity index (χ0n) is 20.8. The minimum Gasteiger partial charge on any atom is -0.381 e.